The molecule has 0 radical (unpaired) electrons. The zero-order valence-electron chi connectivity index (χ0n) is 11.3. The SMILES string of the molecule is CCn1cc([N+](=O)[O-])cc1C(=O)N1C[C@@H](O)C[C@H]1C(=O)O. The van der Waals surface area contributed by atoms with Gasteiger partial charge in [0.25, 0.3) is 11.6 Å². The van der Waals surface area contributed by atoms with E-state index in [1.54, 1.807) is 6.92 Å². The normalized spacial score (nSPS) is 21.5. The monoisotopic (exact) mass is 297 g/mol. The quantitative estimate of drug-likeness (QED) is 0.598. The Balaban J connectivity index is 2.35. The van der Waals surface area contributed by atoms with Crippen LogP contribution in [0.4, 0.5) is 5.69 Å². The largest absolute Gasteiger partial charge is 0.480 e. The maximum absolute atomic E-state index is 12.4. The lowest BCUT2D eigenvalue weighted by atomic mass is 10.2. The topological polar surface area (TPSA) is 126 Å². The first-order valence-electron chi connectivity index (χ1n) is 6.41. The molecule has 1 amide bonds. The second-order valence-electron chi connectivity index (χ2n) is 4.83. The van der Waals surface area contributed by atoms with Gasteiger partial charge in [0, 0.05) is 25.6 Å². The molecule has 9 heteroatoms. The highest BCUT2D eigenvalue weighted by Crippen LogP contribution is 2.24. The number of carbonyl (C=O) groups is 2. The lowest BCUT2D eigenvalue weighted by Gasteiger charge is -2.21. The van der Waals surface area contributed by atoms with E-state index in [0.29, 0.717) is 6.54 Å². The summed E-state index contributed by atoms with van der Waals surface area (Å²) in [5, 5.41) is 29.4. The van der Waals surface area contributed by atoms with Gasteiger partial charge in [0.2, 0.25) is 0 Å². The van der Waals surface area contributed by atoms with Crippen molar-refractivity contribution in [1.82, 2.24) is 9.47 Å². The molecule has 0 unspecified atom stereocenters. The van der Waals surface area contributed by atoms with Crippen LogP contribution in [0.2, 0.25) is 0 Å². The summed E-state index contributed by atoms with van der Waals surface area (Å²) in [6.07, 6.45) is 0.279. The van der Waals surface area contributed by atoms with Crippen LogP contribution in [0.3, 0.4) is 0 Å². The predicted octanol–water partition coefficient (Wildman–Crippen LogP) is 0.0762. The van der Waals surface area contributed by atoms with Gasteiger partial charge in [-0.3, -0.25) is 14.9 Å². The minimum Gasteiger partial charge on any atom is -0.480 e. The molecule has 0 aliphatic carbocycles. The number of nitrogens with zero attached hydrogens (tertiary/aromatic N) is 3. The molecule has 1 aromatic heterocycles. The Bertz CT molecular complexity index is 596. The number of carboxylic acid groups (broad SMARTS) is 1. The number of aliphatic carboxylic acids is 1. The van der Waals surface area contributed by atoms with Crippen LogP contribution in [-0.4, -0.2) is 55.2 Å². The van der Waals surface area contributed by atoms with Crippen molar-refractivity contribution >= 4 is 17.6 Å². The first-order chi connectivity index (χ1) is 9.85. The molecule has 21 heavy (non-hydrogen) atoms. The van der Waals surface area contributed by atoms with E-state index in [4.69, 9.17) is 5.11 Å². The number of carbonyl (C=O) groups excluding carboxylic acids is 1. The Kier molecular flexibility index (Phi) is 3.94. The zero-order chi connectivity index (χ0) is 15.7. The number of β-amino-alcohol motifs (C(OH)–C–C–N with tert-alkyl or cyclic N) is 1. The van der Waals surface area contributed by atoms with Crippen LogP contribution in [0.5, 0.6) is 0 Å². The van der Waals surface area contributed by atoms with Crippen molar-refractivity contribution in [2.45, 2.75) is 32.0 Å². The first-order valence-corrected chi connectivity index (χ1v) is 6.41. The first kappa shape index (κ1) is 15.0. The fourth-order valence-electron chi connectivity index (χ4n) is 2.46. The van der Waals surface area contributed by atoms with Crippen LogP contribution in [0, 0.1) is 10.1 Å². The van der Waals surface area contributed by atoms with Crippen molar-refractivity contribution in [3.63, 3.8) is 0 Å². The highest BCUT2D eigenvalue weighted by Gasteiger charge is 2.40. The Hall–Kier alpha value is -2.42. The van der Waals surface area contributed by atoms with Crippen molar-refractivity contribution in [3.05, 3.63) is 28.1 Å². The van der Waals surface area contributed by atoms with E-state index in [1.807, 2.05) is 0 Å². The van der Waals surface area contributed by atoms with Gasteiger partial charge in [-0.25, -0.2) is 4.79 Å². The van der Waals surface area contributed by atoms with Crippen molar-refractivity contribution in [2.24, 2.45) is 0 Å². The molecule has 2 atom stereocenters. The van der Waals surface area contributed by atoms with E-state index in [2.05, 4.69) is 0 Å². The average molecular weight is 297 g/mol. The minimum atomic E-state index is -1.20. The third-order valence-corrected chi connectivity index (χ3v) is 3.48. The number of likely N-dealkylation sites (tertiary alicyclic amines) is 1. The van der Waals surface area contributed by atoms with Crippen LogP contribution >= 0.6 is 0 Å². The van der Waals surface area contributed by atoms with E-state index < -0.39 is 28.9 Å². The molecule has 114 valence electrons. The fourth-order valence-corrected chi connectivity index (χ4v) is 2.46. The van der Waals surface area contributed by atoms with Crippen molar-refractivity contribution < 1.29 is 24.7 Å². The number of aliphatic hydroxyl groups excluding tert-OH is 1. The summed E-state index contributed by atoms with van der Waals surface area (Å²) in [4.78, 5) is 34.8. The summed E-state index contributed by atoms with van der Waals surface area (Å²) < 4.78 is 1.39. The van der Waals surface area contributed by atoms with Gasteiger partial charge in [0.05, 0.1) is 17.2 Å². The second-order valence-corrected chi connectivity index (χ2v) is 4.83. The van der Waals surface area contributed by atoms with Gasteiger partial charge in [-0.1, -0.05) is 0 Å². The number of hydrogen-bond acceptors (Lipinski definition) is 5. The molecule has 1 aliphatic heterocycles. The van der Waals surface area contributed by atoms with Crippen LogP contribution in [0.15, 0.2) is 12.3 Å². The van der Waals surface area contributed by atoms with E-state index in [1.165, 1.54) is 10.8 Å². The molecule has 0 spiro atoms. The summed E-state index contributed by atoms with van der Waals surface area (Å²) in [6.45, 7) is 1.95. The van der Waals surface area contributed by atoms with E-state index in [-0.39, 0.29) is 24.3 Å². The van der Waals surface area contributed by atoms with Gasteiger partial charge < -0.3 is 19.7 Å². The summed E-state index contributed by atoms with van der Waals surface area (Å²) >= 11 is 0. The van der Waals surface area contributed by atoms with Crippen molar-refractivity contribution in [2.75, 3.05) is 6.54 Å². The number of nitro groups is 1. The number of aryl methyl sites for hydroxylation is 1. The van der Waals surface area contributed by atoms with Gasteiger partial charge in [0.15, 0.2) is 0 Å². The number of rotatable bonds is 4. The molecule has 9 nitrogen and oxygen atoms in total. The minimum absolute atomic E-state index is 0.0456. The average Bonchev–Trinajstić information content (AvgIpc) is 3.01. The summed E-state index contributed by atoms with van der Waals surface area (Å²) in [7, 11) is 0. The lowest BCUT2D eigenvalue weighted by Crippen LogP contribution is -2.41. The van der Waals surface area contributed by atoms with Gasteiger partial charge in [-0.05, 0) is 6.92 Å². The van der Waals surface area contributed by atoms with Gasteiger partial charge in [-0.15, -0.1) is 0 Å². The van der Waals surface area contributed by atoms with Crippen LogP contribution in [0.25, 0.3) is 0 Å². The van der Waals surface area contributed by atoms with Crippen LogP contribution in [0.1, 0.15) is 23.8 Å². The zero-order valence-corrected chi connectivity index (χ0v) is 11.3. The maximum Gasteiger partial charge on any atom is 0.326 e. The van der Waals surface area contributed by atoms with Gasteiger partial charge in [-0.2, -0.15) is 0 Å². The molecule has 2 N–H and O–H groups in total. The molecule has 2 rings (SSSR count). The van der Waals surface area contributed by atoms with Gasteiger partial charge >= 0.3 is 5.97 Å². The van der Waals surface area contributed by atoms with Crippen molar-refractivity contribution in [1.29, 1.82) is 0 Å². The van der Waals surface area contributed by atoms with E-state index >= 15 is 0 Å². The molecule has 0 aromatic carbocycles. The molecular weight excluding hydrogens is 282 g/mol. The molecule has 0 bridgehead atoms. The standard InChI is InChI=1S/C12H15N3O6/c1-2-13-5-7(15(20)21)3-9(13)11(17)14-6-8(16)4-10(14)12(18)19/h3,5,8,10,16H,2,4,6H2,1H3,(H,18,19)/t8-,10-/m0/s1. The number of hydrogen-bond donors (Lipinski definition) is 2. The lowest BCUT2D eigenvalue weighted by molar-refractivity contribution is -0.384. The predicted molar refractivity (Wildman–Crippen MR) is 69.8 cm³/mol. The summed E-state index contributed by atoms with van der Waals surface area (Å²) in [5.41, 5.74) is -0.184. The smallest absolute Gasteiger partial charge is 0.326 e. The molecule has 1 aliphatic rings. The molecule has 2 heterocycles. The number of aliphatic hydroxyl groups is 1. The Labute approximate surface area is 119 Å². The van der Waals surface area contributed by atoms with Gasteiger partial charge in [0.1, 0.15) is 11.7 Å². The highest BCUT2D eigenvalue weighted by atomic mass is 16.6. The molecular formula is C12H15N3O6. The maximum atomic E-state index is 12.4. The summed E-state index contributed by atoms with van der Waals surface area (Å²) in [6, 6.07) is 0.00174. The van der Waals surface area contributed by atoms with Crippen LogP contribution in [-0.2, 0) is 11.3 Å². The highest BCUT2D eigenvalue weighted by molar-refractivity contribution is 5.96. The molecule has 1 saturated heterocycles. The van der Waals surface area contributed by atoms with Crippen molar-refractivity contribution in [3.8, 4) is 0 Å². The van der Waals surface area contributed by atoms with E-state index in [9.17, 15) is 24.8 Å². The number of aromatic nitrogens is 1. The van der Waals surface area contributed by atoms with E-state index in [0.717, 1.165) is 11.0 Å². The third-order valence-electron chi connectivity index (χ3n) is 3.48. The number of amides is 1. The molecule has 1 aromatic rings. The molecule has 1 fully saturated rings. The number of carboxylic acids is 1. The second kappa shape index (κ2) is 5.52. The Morgan fingerprint density at radius 2 is 2.19 bits per heavy atom. The fraction of sp³-hybridized carbons (Fsp3) is 0.500. The Morgan fingerprint density at radius 3 is 2.71 bits per heavy atom. The molecule has 0 saturated carbocycles. The third kappa shape index (κ3) is 2.72. The van der Waals surface area contributed by atoms with Crippen LogP contribution < -0.4 is 0 Å². The Morgan fingerprint density at radius 1 is 1.52 bits per heavy atom. The summed E-state index contributed by atoms with van der Waals surface area (Å²) in [5.74, 6) is -1.84.